The van der Waals surface area contributed by atoms with Crippen molar-refractivity contribution in [3.05, 3.63) is 0 Å². The zero-order chi connectivity index (χ0) is 8.12. The molecule has 0 unspecified atom stereocenters. The maximum absolute atomic E-state index is 8.25. The maximum atomic E-state index is 8.25. The fraction of sp³-hybridized carbons (Fsp3) is 0. The number of hydrogen-bond donors (Lipinski definition) is 0. The summed E-state index contributed by atoms with van der Waals surface area (Å²) in [4.78, 5) is 24.8. The summed E-state index contributed by atoms with van der Waals surface area (Å²) in [6, 6.07) is 0. The van der Waals surface area contributed by atoms with Gasteiger partial charge in [0.15, 0.2) is 0 Å². The summed E-state index contributed by atoms with van der Waals surface area (Å²) >= 11 is 0. The van der Waals surface area contributed by atoms with Gasteiger partial charge in [0.2, 0.25) is 0 Å². The summed E-state index contributed by atoms with van der Waals surface area (Å²) in [6.07, 6.45) is 0. The Morgan fingerprint density at radius 1 is 0.700 bits per heavy atom. The Morgan fingerprint density at radius 2 is 0.700 bits per heavy atom. The summed E-state index contributed by atoms with van der Waals surface area (Å²) in [6.45, 7) is -1.50. The molecule has 0 heterocycles. The SMILES string of the molecule is O=C[O-].O=C[O-].O=C[O-].[Ru+3]. The Hall–Kier alpha value is -0.967. The van der Waals surface area contributed by atoms with Crippen molar-refractivity contribution in [2.24, 2.45) is 0 Å². The molecule has 7 heteroatoms. The number of carbonyl (C=O) groups excluding carboxylic acids is 3. The second-order valence-electron chi connectivity index (χ2n) is 0.289. The summed E-state index contributed by atoms with van der Waals surface area (Å²) in [5, 5.41) is 24.8. The van der Waals surface area contributed by atoms with E-state index in [1.807, 2.05) is 0 Å². The van der Waals surface area contributed by atoms with E-state index in [2.05, 4.69) is 0 Å². The molecule has 6 nitrogen and oxygen atoms in total. The molecule has 0 N–H and O–H groups in total. The minimum atomic E-state index is -0.500. The maximum Gasteiger partial charge on any atom is 3.00 e. The second kappa shape index (κ2) is 96.1. The van der Waals surface area contributed by atoms with Gasteiger partial charge in [-0.3, -0.25) is 0 Å². The van der Waals surface area contributed by atoms with Gasteiger partial charge in [0.05, 0.1) is 0 Å². The van der Waals surface area contributed by atoms with Crippen LogP contribution in [-0.4, -0.2) is 19.4 Å². The first-order valence-corrected chi connectivity index (χ1v) is 1.41. The van der Waals surface area contributed by atoms with Gasteiger partial charge in [-0.1, -0.05) is 0 Å². The van der Waals surface area contributed by atoms with E-state index in [1.54, 1.807) is 0 Å². The van der Waals surface area contributed by atoms with Crippen molar-refractivity contribution in [1.29, 1.82) is 0 Å². The molecule has 0 saturated heterocycles. The normalized spacial score (nSPS) is 3.60. The Morgan fingerprint density at radius 3 is 0.700 bits per heavy atom. The van der Waals surface area contributed by atoms with Crippen molar-refractivity contribution < 1.29 is 49.2 Å². The Balaban J connectivity index is -0.0000000257. The first-order valence-electron chi connectivity index (χ1n) is 1.41. The van der Waals surface area contributed by atoms with Gasteiger partial charge in [-0.25, -0.2) is 0 Å². The summed E-state index contributed by atoms with van der Waals surface area (Å²) in [5.74, 6) is 0. The van der Waals surface area contributed by atoms with Gasteiger partial charge in [-0.05, 0) is 0 Å². The van der Waals surface area contributed by atoms with Crippen LogP contribution >= 0.6 is 0 Å². The predicted molar refractivity (Wildman–Crippen MR) is 18.2 cm³/mol. The fourth-order valence-corrected chi connectivity index (χ4v) is 0. The molecule has 0 aromatic heterocycles. The molecule has 1 radical (unpaired) electrons. The van der Waals surface area contributed by atoms with E-state index in [-0.39, 0.29) is 19.5 Å². The van der Waals surface area contributed by atoms with Crippen molar-refractivity contribution >= 4 is 19.4 Å². The number of carboxylic acid groups (broad SMARTS) is 3. The van der Waals surface area contributed by atoms with Crippen LogP contribution in [0.3, 0.4) is 0 Å². The number of hydrogen-bond acceptors (Lipinski definition) is 6. The molecule has 0 spiro atoms. The van der Waals surface area contributed by atoms with E-state index in [0.717, 1.165) is 0 Å². The molecule has 0 aromatic rings. The molecule has 0 bridgehead atoms. The second-order valence-corrected chi connectivity index (χ2v) is 0.289. The van der Waals surface area contributed by atoms with E-state index in [0.29, 0.717) is 0 Å². The molecule has 59 valence electrons. The first-order chi connectivity index (χ1) is 4.24. The van der Waals surface area contributed by atoms with E-state index < -0.39 is 19.4 Å². The summed E-state index contributed by atoms with van der Waals surface area (Å²) in [7, 11) is 0. The monoisotopic (exact) mass is 237 g/mol. The molecular formula is C3H3O6Ru. The molecular weight excluding hydrogens is 233 g/mol. The summed E-state index contributed by atoms with van der Waals surface area (Å²) < 4.78 is 0. The van der Waals surface area contributed by atoms with E-state index in [1.165, 1.54) is 0 Å². The molecule has 0 atom stereocenters. The molecule has 0 rings (SSSR count). The quantitative estimate of drug-likeness (QED) is 0.307. The zero-order valence-electron chi connectivity index (χ0n) is 4.54. The van der Waals surface area contributed by atoms with Crippen LogP contribution in [0.1, 0.15) is 0 Å². The number of carbonyl (C=O) groups is 3. The van der Waals surface area contributed by atoms with Gasteiger partial charge >= 0.3 is 19.5 Å². The van der Waals surface area contributed by atoms with Gasteiger partial charge in [0.1, 0.15) is 0 Å². The number of rotatable bonds is 0. The van der Waals surface area contributed by atoms with Gasteiger partial charge < -0.3 is 29.7 Å². The topological polar surface area (TPSA) is 120 Å². The molecule has 10 heavy (non-hydrogen) atoms. The van der Waals surface area contributed by atoms with Crippen molar-refractivity contribution in [3.63, 3.8) is 0 Å². The van der Waals surface area contributed by atoms with Gasteiger partial charge in [0.25, 0.3) is 0 Å². The average Bonchev–Trinajstić information content (AvgIpc) is 1.70. The van der Waals surface area contributed by atoms with Gasteiger partial charge in [-0.15, -0.1) is 0 Å². The van der Waals surface area contributed by atoms with E-state index >= 15 is 0 Å². The molecule has 0 amide bonds. The van der Waals surface area contributed by atoms with Crippen molar-refractivity contribution in [1.82, 2.24) is 0 Å². The van der Waals surface area contributed by atoms with E-state index in [4.69, 9.17) is 29.7 Å². The third kappa shape index (κ3) is 274. The van der Waals surface area contributed by atoms with Crippen LogP contribution in [0.15, 0.2) is 0 Å². The minimum Gasteiger partial charge on any atom is -0.554 e. The van der Waals surface area contributed by atoms with Gasteiger partial charge in [0, 0.05) is 19.4 Å². The Bertz CT molecular complexity index is 49.7. The van der Waals surface area contributed by atoms with Crippen LogP contribution in [0.2, 0.25) is 0 Å². The third-order valence-corrected chi connectivity index (χ3v) is 0. The van der Waals surface area contributed by atoms with E-state index in [9.17, 15) is 0 Å². The van der Waals surface area contributed by atoms with Crippen LogP contribution < -0.4 is 15.3 Å². The van der Waals surface area contributed by atoms with Crippen molar-refractivity contribution in [2.75, 3.05) is 0 Å². The predicted octanol–water partition coefficient (Wildman–Crippen LogP) is -4.90. The van der Waals surface area contributed by atoms with Gasteiger partial charge in [-0.2, -0.15) is 0 Å². The molecule has 0 saturated carbocycles. The molecule has 0 fully saturated rings. The Labute approximate surface area is 69.2 Å². The van der Waals surface area contributed by atoms with Crippen LogP contribution in [0.5, 0.6) is 0 Å². The van der Waals surface area contributed by atoms with Crippen LogP contribution in [0, 0.1) is 0 Å². The van der Waals surface area contributed by atoms with Crippen LogP contribution in [0.25, 0.3) is 0 Å². The van der Waals surface area contributed by atoms with Crippen molar-refractivity contribution in [3.8, 4) is 0 Å². The minimum absolute atomic E-state index is 0. The first kappa shape index (κ1) is 23.0. The third-order valence-electron chi connectivity index (χ3n) is 0. The van der Waals surface area contributed by atoms with Crippen LogP contribution in [0.4, 0.5) is 0 Å². The summed E-state index contributed by atoms with van der Waals surface area (Å²) in [5.41, 5.74) is 0. The smallest absolute Gasteiger partial charge is 0.554 e. The standard InChI is InChI=1S/3CH2O2.Ru/c3*2-1-3;/h3*1H,(H,2,3);/q;;;+3/p-3. The molecule has 0 aromatic carbocycles. The average molecular weight is 236 g/mol. The fourth-order valence-electron chi connectivity index (χ4n) is 0. The molecule has 0 aliphatic carbocycles. The van der Waals surface area contributed by atoms with Crippen LogP contribution in [-0.2, 0) is 33.9 Å². The Kier molecular flexibility index (Phi) is 221. The largest absolute Gasteiger partial charge is 3.00 e. The molecule has 0 aliphatic heterocycles. The zero-order valence-corrected chi connectivity index (χ0v) is 6.27. The molecule has 0 aliphatic rings. The van der Waals surface area contributed by atoms with Crippen molar-refractivity contribution in [2.45, 2.75) is 0 Å².